The monoisotopic (exact) mass is 416 g/mol. The van der Waals surface area contributed by atoms with Crippen LogP contribution in [0.1, 0.15) is 12.0 Å². The highest BCUT2D eigenvalue weighted by Crippen LogP contribution is 2.39. The molecule has 1 atom stereocenters. The molecular formula is C21H24N2O7. The van der Waals surface area contributed by atoms with E-state index in [1.54, 1.807) is 37.4 Å². The lowest BCUT2D eigenvalue weighted by Gasteiger charge is -2.14. The lowest BCUT2D eigenvalue weighted by atomic mass is 10.0. The predicted octanol–water partition coefficient (Wildman–Crippen LogP) is 2.86. The second kappa shape index (κ2) is 9.25. The summed E-state index contributed by atoms with van der Waals surface area (Å²) < 4.78 is 26.5. The molecule has 0 aromatic heterocycles. The van der Waals surface area contributed by atoms with E-state index in [0.717, 1.165) is 0 Å². The number of hydrogen-bond donors (Lipinski definition) is 1. The summed E-state index contributed by atoms with van der Waals surface area (Å²) in [5, 5.41) is 6.88. The molecule has 1 aliphatic rings. The molecule has 0 fully saturated rings. The van der Waals surface area contributed by atoms with Crippen LogP contribution in [0.25, 0.3) is 0 Å². The van der Waals surface area contributed by atoms with Gasteiger partial charge in [-0.2, -0.15) is 0 Å². The first kappa shape index (κ1) is 21.1. The molecule has 9 nitrogen and oxygen atoms in total. The van der Waals surface area contributed by atoms with Gasteiger partial charge in [-0.15, -0.1) is 0 Å². The number of nitrogens with zero attached hydrogens (tertiary/aromatic N) is 1. The van der Waals surface area contributed by atoms with Crippen molar-refractivity contribution < 1.29 is 33.3 Å². The average molecular weight is 416 g/mol. The number of anilines is 1. The summed E-state index contributed by atoms with van der Waals surface area (Å²) in [5.41, 5.74) is 1.87. The van der Waals surface area contributed by atoms with Crippen LogP contribution in [-0.2, 0) is 9.63 Å². The molecule has 1 aliphatic heterocycles. The molecule has 2 aromatic carbocycles. The molecule has 30 heavy (non-hydrogen) atoms. The van der Waals surface area contributed by atoms with Crippen LogP contribution in [0.2, 0.25) is 0 Å². The standard InChI is InChI=1S/C21H24N2O7/c1-25-15-7-6-13(10-16(15)26-2)22-21(24)19-11-14(23-30-19)12-8-17(27-3)20(29-5)18(9-12)28-4/h6-10,19H,11H2,1-5H3,(H,22,24)/t19-/m0/s1. The van der Waals surface area contributed by atoms with Crippen molar-refractivity contribution in [2.75, 3.05) is 40.9 Å². The molecule has 1 amide bonds. The normalized spacial score (nSPS) is 15.0. The van der Waals surface area contributed by atoms with Gasteiger partial charge in [0.1, 0.15) is 0 Å². The van der Waals surface area contributed by atoms with E-state index < -0.39 is 6.10 Å². The Hall–Kier alpha value is -3.62. The summed E-state index contributed by atoms with van der Waals surface area (Å²) >= 11 is 0. The fraction of sp³-hybridized carbons (Fsp3) is 0.333. The van der Waals surface area contributed by atoms with E-state index in [4.69, 9.17) is 28.5 Å². The molecule has 160 valence electrons. The van der Waals surface area contributed by atoms with Gasteiger partial charge in [-0.3, -0.25) is 4.79 Å². The molecule has 0 saturated heterocycles. The fourth-order valence-electron chi connectivity index (χ4n) is 3.07. The van der Waals surface area contributed by atoms with Crippen molar-refractivity contribution in [2.45, 2.75) is 12.5 Å². The molecule has 1 heterocycles. The summed E-state index contributed by atoms with van der Waals surface area (Å²) in [5.74, 6) is 2.22. The van der Waals surface area contributed by atoms with Crippen molar-refractivity contribution in [1.29, 1.82) is 0 Å². The summed E-state index contributed by atoms with van der Waals surface area (Å²) in [4.78, 5) is 18.0. The van der Waals surface area contributed by atoms with Gasteiger partial charge < -0.3 is 33.8 Å². The summed E-state index contributed by atoms with van der Waals surface area (Å²) in [6.45, 7) is 0. The maximum absolute atomic E-state index is 12.6. The van der Waals surface area contributed by atoms with E-state index in [1.165, 1.54) is 28.4 Å². The molecular weight excluding hydrogens is 392 g/mol. The minimum absolute atomic E-state index is 0.289. The van der Waals surface area contributed by atoms with E-state index in [-0.39, 0.29) is 12.3 Å². The first-order valence-corrected chi connectivity index (χ1v) is 9.10. The van der Waals surface area contributed by atoms with Crippen LogP contribution in [0.5, 0.6) is 28.7 Å². The van der Waals surface area contributed by atoms with Crippen LogP contribution in [0.3, 0.4) is 0 Å². The van der Waals surface area contributed by atoms with Crippen molar-refractivity contribution in [1.82, 2.24) is 0 Å². The molecule has 3 rings (SSSR count). The van der Waals surface area contributed by atoms with Gasteiger partial charge in [0.2, 0.25) is 11.9 Å². The van der Waals surface area contributed by atoms with Crippen LogP contribution < -0.4 is 29.0 Å². The Kier molecular flexibility index (Phi) is 6.51. The molecule has 0 radical (unpaired) electrons. The van der Waals surface area contributed by atoms with Gasteiger partial charge in [0, 0.05) is 23.7 Å². The third kappa shape index (κ3) is 4.19. The lowest BCUT2D eigenvalue weighted by Crippen LogP contribution is -2.28. The quantitative estimate of drug-likeness (QED) is 0.707. The first-order chi connectivity index (χ1) is 14.5. The number of benzene rings is 2. The van der Waals surface area contributed by atoms with E-state index in [1.807, 2.05) is 0 Å². The number of carbonyl (C=O) groups excluding carboxylic acids is 1. The number of carbonyl (C=O) groups is 1. The second-order valence-electron chi connectivity index (χ2n) is 6.31. The topological polar surface area (TPSA) is 96.8 Å². The van der Waals surface area contributed by atoms with Crippen molar-refractivity contribution in [3.63, 3.8) is 0 Å². The number of ether oxygens (including phenoxy) is 5. The van der Waals surface area contributed by atoms with Crippen molar-refractivity contribution in [3.05, 3.63) is 35.9 Å². The van der Waals surface area contributed by atoms with Crippen molar-refractivity contribution in [3.8, 4) is 28.7 Å². The van der Waals surface area contributed by atoms with Crippen molar-refractivity contribution >= 4 is 17.3 Å². The third-order valence-corrected chi connectivity index (χ3v) is 4.61. The summed E-state index contributed by atoms with van der Waals surface area (Å²) in [6.07, 6.45) is -0.482. The number of methoxy groups -OCH3 is 5. The fourth-order valence-corrected chi connectivity index (χ4v) is 3.07. The minimum atomic E-state index is -0.771. The van der Waals surface area contributed by atoms with Gasteiger partial charge in [0.15, 0.2) is 23.0 Å². The maximum atomic E-state index is 12.6. The molecule has 0 bridgehead atoms. The summed E-state index contributed by atoms with van der Waals surface area (Å²) in [7, 11) is 7.68. The molecule has 0 aliphatic carbocycles. The van der Waals surface area contributed by atoms with Gasteiger partial charge in [-0.05, 0) is 24.3 Å². The highest BCUT2D eigenvalue weighted by Gasteiger charge is 2.30. The Morgan fingerprint density at radius 3 is 2.10 bits per heavy atom. The van der Waals surface area contributed by atoms with Gasteiger partial charge in [0.05, 0.1) is 41.3 Å². The van der Waals surface area contributed by atoms with Crippen LogP contribution in [-0.4, -0.2) is 53.3 Å². The number of amides is 1. The summed E-state index contributed by atoms with van der Waals surface area (Å²) in [6, 6.07) is 8.62. The molecule has 9 heteroatoms. The Morgan fingerprint density at radius 2 is 1.53 bits per heavy atom. The SMILES string of the molecule is COc1ccc(NC(=O)[C@@H]2CC(c3cc(OC)c(OC)c(OC)c3)=NO2)cc1OC. The molecule has 0 saturated carbocycles. The zero-order valence-electron chi connectivity index (χ0n) is 17.5. The highest BCUT2D eigenvalue weighted by molar-refractivity contribution is 6.06. The zero-order chi connectivity index (χ0) is 21.7. The second-order valence-corrected chi connectivity index (χ2v) is 6.31. The molecule has 0 spiro atoms. The zero-order valence-corrected chi connectivity index (χ0v) is 17.5. The van der Waals surface area contributed by atoms with Crippen LogP contribution >= 0.6 is 0 Å². The van der Waals surface area contributed by atoms with E-state index in [2.05, 4.69) is 10.5 Å². The average Bonchev–Trinajstić information content (AvgIpc) is 3.28. The van der Waals surface area contributed by atoms with Crippen molar-refractivity contribution in [2.24, 2.45) is 5.16 Å². The van der Waals surface area contributed by atoms with Crippen LogP contribution in [0.4, 0.5) is 5.69 Å². The van der Waals surface area contributed by atoms with E-state index >= 15 is 0 Å². The third-order valence-electron chi connectivity index (χ3n) is 4.61. The van der Waals surface area contributed by atoms with Crippen LogP contribution in [0.15, 0.2) is 35.5 Å². The Labute approximate surface area is 174 Å². The van der Waals surface area contributed by atoms with Gasteiger partial charge in [-0.25, -0.2) is 0 Å². The Morgan fingerprint density at radius 1 is 0.900 bits per heavy atom. The first-order valence-electron chi connectivity index (χ1n) is 9.10. The number of oxime groups is 1. The molecule has 0 unspecified atom stereocenters. The minimum Gasteiger partial charge on any atom is -0.493 e. The van der Waals surface area contributed by atoms with E-state index in [9.17, 15) is 4.79 Å². The number of nitrogens with one attached hydrogen (secondary N) is 1. The smallest absolute Gasteiger partial charge is 0.268 e. The Bertz CT molecular complexity index is 933. The highest BCUT2D eigenvalue weighted by atomic mass is 16.6. The van der Waals surface area contributed by atoms with Gasteiger partial charge >= 0.3 is 0 Å². The lowest BCUT2D eigenvalue weighted by molar-refractivity contribution is -0.125. The number of hydrogen-bond acceptors (Lipinski definition) is 8. The van der Waals surface area contributed by atoms with Crippen LogP contribution in [0, 0.1) is 0 Å². The largest absolute Gasteiger partial charge is 0.493 e. The van der Waals surface area contributed by atoms with Gasteiger partial charge in [-0.1, -0.05) is 5.16 Å². The molecule has 1 N–H and O–H groups in total. The number of rotatable bonds is 8. The molecule has 2 aromatic rings. The maximum Gasteiger partial charge on any atom is 0.268 e. The van der Waals surface area contributed by atoms with Gasteiger partial charge in [0.25, 0.3) is 5.91 Å². The van der Waals surface area contributed by atoms with E-state index in [0.29, 0.717) is 45.7 Å². The predicted molar refractivity (Wildman–Crippen MR) is 110 cm³/mol. The Balaban J connectivity index is 1.73.